The molecule has 0 unspecified atom stereocenters. The van der Waals surface area contributed by atoms with E-state index in [-0.39, 0.29) is 68.3 Å². The van der Waals surface area contributed by atoms with Gasteiger partial charge in [0.2, 0.25) is 0 Å². The Morgan fingerprint density at radius 2 is 0.500 bits per heavy atom. The van der Waals surface area contributed by atoms with Crippen LogP contribution in [0.5, 0.6) is 0 Å². The molecule has 0 aliphatic heterocycles. The molecule has 0 bridgehead atoms. The number of rotatable bonds is 0. The monoisotopic (exact) mass is 444 g/mol. The first kappa shape index (κ1) is 36.0. The molecule has 0 aromatic rings. The third-order valence-corrected chi connectivity index (χ3v) is 0. The fourth-order valence-electron chi connectivity index (χ4n) is 0. The molecule has 0 atom stereocenters. The van der Waals surface area contributed by atoms with Gasteiger partial charge < -0.3 is 18.2 Å². The van der Waals surface area contributed by atoms with Crippen molar-refractivity contribution in [2.24, 2.45) is 0 Å². The molecule has 0 heterocycles. The normalized spacial score (nSPS) is 8.29. The molecular weight excluding hydrogens is 446 g/mol. The van der Waals surface area contributed by atoms with Gasteiger partial charge in [0.1, 0.15) is 0 Å². The summed E-state index contributed by atoms with van der Waals surface area (Å²) in [5, 5.41) is 0. The molecule has 0 radical (unpaired) electrons. The van der Waals surface area contributed by atoms with E-state index in [0.29, 0.717) is 0 Å². The summed E-state index contributed by atoms with van der Waals surface area (Å²) in [5.41, 5.74) is 0. The predicted molar refractivity (Wildman–Crippen MR) is 20.9 cm³/mol. The van der Waals surface area contributed by atoms with E-state index >= 15 is 0 Å². The van der Waals surface area contributed by atoms with Gasteiger partial charge in [-0.15, -0.1) is 0 Å². The molecule has 0 rings (SSSR count). The zero-order valence-electron chi connectivity index (χ0n) is 5.29. The van der Waals surface area contributed by atoms with Gasteiger partial charge in [0.25, 0.3) is 0 Å². The van der Waals surface area contributed by atoms with Gasteiger partial charge in [-0.25, -0.2) is 0 Å². The van der Waals surface area contributed by atoms with Crippen LogP contribution in [0.15, 0.2) is 0 Å². The first-order chi connectivity index (χ1) is 4.00. The van der Waals surface area contributed by atoms with Gasteiger partial charge in [0, 0.05) is 20.8 Å². The first-order valence-corrected chi connectivity index (χ1v) is 4.00. The Labute approximate surface area is 123 Å². The standard InChI is InChI=1S/4Cu.2H2O4S/c;;;;2*1-5(2,3)4/h;;;;2*(H2,1,2,3,4)/q4*+1;;/p-4. The second kappa shape index (κ2) is 14.8. The summed E-state index contributed by atoms with van der Waals surface area (Å²) < 4.78 is 68.2. The summed E-state index contributed by atoms with van der Waals surface area (Å²) in [6, 6.07) is 0. The van der Waals surface area contributed by atoms with Crippen LogP contribution in [0.25, 0.3) is 0 Å². The third kappa shape index (κ3) is 687. The van der Waals surface area contributed by atoms with E-state index in [1.807, 2.05) is 0 Å². The minimum Gasteiger partial charge on any atom is -0.759 e. The maximum Gasteiger partial charge on any atom is 1.00 e. The topological polar surface area (TPSA) is 161 Å². The average molecular weight is 446 g/mol. The minimum absolute atomic E-state index is 0. The SMILES string of the molecule is O=S(=O)([O-])[O-].O=S(=O)([O-])[O-].[Cu+].[Cu+].[Cu+].[Cu+]. The Morgan fingerprint density at radius 3 is 0.500 bits per heavy atom. The van der Waals surface area contributed by atoms with Gasteiger partial charge in [0.05, 0.1) is 0 Å². The predicted octanol–water partition coefficient (Wildman–Crippen LogP) is -2.69. The molecule has 14 heteroatoms. The van der Waals surface area contributed by atoms with Gasteiger partial charge in [-0.1, -0.05) is 0 Å². The van der Waals surface area contributed by atoms with Crippen LogP contribution < -0.4 is 0 Å². The van der Waals surface area contributed by atoms with Crippen molar-refractivity contribution in [1.29, 1.82) is 0 Å². The molecule has 0 aromatic heterocycles. The van der Waals surface area contributed by atoms with Gasteiger partial charge in [-0.3, -0.25) is 16.8 Å². The molecule has 0 saturated carbocycles. The summed E-state index contributed by atoms with van der Waals surface area (Å²) >= 11 is 0. The fourth-order valence-corrected chi connectivity index (χ4v) is 0. The van der Waals surface area contributed by atoms with Crippen molar-refractivity contribution >= 4 is 20.8 Å². The molecule has 8 nitrogen and oxygen atoms in total. The molecule has 0 aromatic carbocycles. The zero-order valence-corrected chi connectivity index (χ0v) is 10.7. The molecule has 0 amide bonds. The summed E-state index contributed by atoms with van der Waals surface area (Å²) in [6.07, 6.45) is 0. The van der Waals surface area contributed by atoms with Crippen LogP contribution >= 0.6 is 0 Å². The Bertz CT molecular complexity index is 216. The van der Waals surface area contributed by atoms with Crippen molar-refractivity contribution < 1.29 is 103 Å². The van der Waals surface area contributed by atoms with Crippen LogP contribution in [-0.4, -0.2) is 35.0 Å². The van der Waals surface area contributed by atoms with E-state index in [0.717, 1.165) is 0 Å². The van der Waals surface area contributed by atoms with Crippen molar-refractivity contribution in [2.45, 2.75) is 0 Å². The Balaban J connectivity index is -0.0000000178. The molecule has 0 aliphatic carbocycles. The molecule has 0 N–H and O–H groups in total. The number of hydrogen-bond donors (Lipinski definition) is 0. The van der Waals surface area contributed by atoms with E-state index < -0.39 is 20.8 Å². The molecule has 0 saturated heterocycles. The Hall–Kier alpha value is 1.82. The smallest absolute Gasteiger partial charge is 0.759 e. The van der Waals surface area contributed by atoms with Crippen molar-refractivity contribution in [2.75, 3.05) is 0 Å². The van der Waals surface area contributed by atoms with E-state index in [1.54, 1.807) is 0 Å². The van der Waals surface area contributed by atoms with Gasteiger partial charge in [-0.2, -0.15) is 0 Å². The quantitative estimate of drug-likeness (QED) is 0.221. The molecule has 14 heavy (non-hydrogen) atoms. The van der Waals surface area contributed by atoms with Gasteiger partial charge in [0.15, 0.2) is 0 Å². The van der Waals surface area contributed by atoms with Gasteiger partial charge >= 0.3 is 68.3 Å². The molecule has 0 spiro atoms. The van der Waals surface area contributed by atoms with Crippen LogP contribution in [0, 0.1) is 0 Å². The minimum atomic E-state index is -5.17. The number of hydrogen-bond acceptors (Lipinski definition) is 8. The van der Waals surface area contributed by atoms with Crippen LogP contribution in [0.1, 0.15) is 0 Å². The molecular formula is Cu4O8S2. The van der Waals surface area contributed by atoms with E-state index in [4.69, 9.17) is 35.0 Å². The van der Waals surface area contributed by atoms with E-state index in [2.05, 4.69) is 0 Å². The van der Waals surface area contributed by atoms with Crippen molar-refractivity contribution in [1.82, 2.24) is 0 Å². The van der Waals surface area contributed by atoms with Crippen LogP contribution in [0.3, 0.4) is 0 Å². The Kier molecular flexibility index (Phi) is 38.1. The second-order valence-corrected chi connectivity index (χ2v) is 2.45. The largest absolute Gasteiger partial charge is 1.00 e. The summed E-state index contributed by atoms with van der Waals surface area (Å²) in [4.78, 5) is 0. The first-order valence-electron chi connectivity index (χ1n) is 1.33. The van der Waals surface area contributed by atoms with Gasteiger partial charge in [-0.05, 0) is 0 Å². The zero-order chi connectivity index (χ0) is 9.00. The Morgan fingerprint density at radius 1 is 0.500 bits per heavy atom. The van der Waals surface area contributed by atoms with Crippen LogP contribution in [-0.2, 0) is 89.1 Å². The molecule has 104 valence electrons. The maximum atomic E-state index is 8.52. The van der Waals surface area contributed by atoms with Crippen molar-refractivity contribution in [3.05, 3.63) is 0 Å². The van der Waals surface area contributed by atoms with Crippen LogP contribution in [0.2, 0.25) is 0 Å². The second-order valence-electron chi connectivity index (χ2n) is 0.816. The van der Waals surface area contributed by atoms with E-state index in [9.17, 15) is 0 Å². The maximum absolute atomic E-state index is 8.52. The summed E-state index contributed by atoms with van der Waals surface area (Å²) in [5.74, 6) is 0. The molecule has 0 aliphatic rings. The average Bonchev–Trinajstić information content (AvgIpc) is 1.12. The summed E-state index contributed by atoms with van der Waals surface area (Å²) in [6.45, 7) is 0. The van der Waals surface area contributed by atoms with Crippen LogP contribution in [0.4, 0.5) is 0 Å². The van der Waals surface area contributed by atoms with E-state index in [1.165, 1.54) is 0 Å². The fraction of sp³-hybridized carbons (Fsp3) is 0. The summed E-state index contributed by atoms with van der Waals surface area (Å²) in [7, 11) is -10.3. The van der Waals surface area contributed by atoms with Crippen molar-refractivity contribution in [3.8, 4) is 0 Å². The van der Waals surface area contributed by atoms with Crippen molar-refractivity contribution in [3.63, 3.8) is 0 Å². The molecule has 0 fully saturated rings. The third-order valence-electron chi connectivity index (χ3n) is 0.